The Balaban J connectivity index is 0.000000251. The smallest absolute Gasteiger partial charge is 0.0620 e. The normalized spacial score (nSPS) is 13.5. The summed E-state index contributed by atoms with van der Waals surface area (Å²) in [7, 11) is 0. The van der Waals surface area contributed by atoms with Gasteiger partial charge in [0, 0.05) is 6.61 Å². The third-order valence-corrected chi connectivity index (χ3v) is 4.51. The zero-order valence-electron chi connectivity index (χ0n) is 16.2. The Bertz CT molecular complexity index is 574. The second-order valence-electron chi connectivity index (χ2n) is 7.82. The minimum absolute atomic E-state index is 0.00134. The standard InChI is InChI=1S/C12H18O.C11H16O/c1-3-12(2,13)10-9-11-7-5-4-6-8-11;1-11(2,9-12)8-10-6-4-3-5-7-10/h4-8,13H,3,9-10H2,1-2H3;3-7,12H,8-9H2,1-2H3. The first-order chi connectivity index (χ1) is 11.8. The molecule has 0 fully saturated rings. The SMILES string of the molecule is CC(C)(CO)Cc1ccccc1.CCC(C)(O)CCc1ccccc1. The lowest BCUT2D eigenvalue weighted by Crippen LogP contribution is -2.23. The van der Waals surface area contributed by atoms with Crippen LogP contribution in [0.5, 0.6) is 0 Å². The predicted octanol–water partition coefficient (Wildman–Crippen LogP) is 5.03. The molecule has 2 aromatic rings. The van der Waals surface area contributed by atoms with Gasteiger partial charge in [0.2, 0.25) is 0 Å². The summed E-state index contributed by atoms with van der Waals surface area (Å²) in [6.45, 7) is 8.29. The summed E-state index contributed by atoms with van der Waals surface area (Å²) in [5, 5.41) is 18.8. The van der Waals surface area contributed by atoms with Crippen LogP contribution in [0.3, 0.4) is 0 Å². The highest BCUT2D eigenvalue weighted by atomic mass is 16.3. The molecule has 2 nitrogen and oxygen atoms in total. The molecule has 0 aliphatic carbocycles. The van der Waals surface area contributed by atoms with E-state index >= 15 is 0 Å². The molecule has 0 aliphatic heterocycles. The molecule has 2 rings (SSSR count). The van der Waals surface area contributed by atoms with Crippen LogP contribution in [0.1, 0.15) is 51.7 Å². The zero-order chi connectivity index (χ0) is 18.8. The van der Waals surface area contributed by atoms with Gasteiger partial charge in [-0.1, -0.05) is 81.4 Å². The Morgan fingerprint density at radius 1 is 0.800 bits per heavy atom. The van der Waals surface area contributed by atoms with Crippen LogP contribution >= 0.6 is 0 Å². The second kappa shape index (κ2) is 10.4. The van der Waals surface area contributed by atoms with Crippen molar-refractivity contribution >= 4 is 0 Å². The van der Waals surface area contributed by atoms with E-state index in [4.69, 9.17) is 5.11 Å². The average Bonchev–Trinajstić information content (AvgIpc) is 2.62. The highest BCUT2D eigenvalue weighted by molar-refractivity contribution is 5.16. The molecule has 0 radical (unpaired) electrons. The number of hydrogen-bond acceptors (Lipinski definition) is 2. The van der Waals surface area contributed by atoms with E-state index in [-0.39, 0.29) is 12.0 Å². The van der Waals surface area contributed by atoms with Gasteiger partial charge in [-0.3, -0.25) is 0 Å². The quantitative estimate of drug-likeness (QED) is 0.741. The molecule has 0 saturated heterocycles. The van der Waals surface area contributed by atoms with Crippen LogP contribution in [-0.4, -0.2) is 22.4 Å². The van der Waals surface area contributed by atoms with Crippen molar-refractivity contribution in [3.8, 4) is 0 Å². The molecule has 25 heavy (non-hydrogen) atoms. The maximum Gasteiger partial charge on any atom is 0.0620 e. The first kappa shape index (κ1) is 21.4. The van der Waals surface area contributed by atoms with Gasteiger partial charge in [0.15, 0.2) is 0 Å². The van der Waals surface area contributed by atoms with Gasteiger partial charge in [0.25, 0.3) is 0 Å². The maximum absolute atomic E-state index is 9.78. The van der Waals surface area contributed by atoms with Crippen LogP contribution < -0.4 is 0 Å². The summed E-state index contributed by atoms with van der Waals surface area (Å²) >= 11 is 0. The van der Waals surface area contributed by atoms with Crippen LogP contribution in [0, 0.1) is 5.41 Å². The third kappa shape index (κ3) is 9.42. The summed E-state index contributed by atoms with van der Waals surface area (Å²) in [4.78, 5) is 0. The van der Waals surface area contributed by atoms with Crippen LogP contribution in [0.25, 0.3) is 0 Å². The first-order valence-corrected chi connectivity index (χ1v) is 9.19. The van der Waals surface area contributed by atoms with Crippen molar-refractivity contribution in [2.45, 2.75) is 59.0 Å². The number of aliphatic hydroxyl groups is 2. The van der Waals surface area contributed by atoms with Crippen LogP contribution in [0.2, 0.25) is 0 Å². The molecule has 138 valence electrons. The van der Waals surface area contributed by atoms with Gasteiger partial charge in [-0.25, -0.2) is 0 Å². The maximum atomic E-state index is 9.78. The fourth-order valence-electron chi connectivity index (χ4n) is 2.44. The minimum atomic E-state index is -0.504. The molecule has 0 amide bonds. The largest absolute Gasteiger partial charge is 0.396 e. The topological polar surface area (TPSA) is 40.5 Å². The van der Waals surface area contributed by atoms with E-state index in [0.717, 1.165) is 25.7 Å². The summed E-state index contributed by atoms with van der Waals surface area (Å²) in [6.07, 6.45) is 3.55. The lowest BCUT2D eigenvalue weighted by molar-refractivity contribution is 0.0473. The van der Waals surface area contributed by atoms with Crippen molar-refractivity contribution in [3.05, 3.63) is 71.8 Å². The number of rotatable bonds is 7. The van der Waals surface area contributed by atoms with Crippen molar-refractivity contribution < 1.29 is 10.2 Å². The number of benzene rings is 2. The first-order valence-electron chi connectivity index (χ1n) is 9.19. The Kier molecular flexibility index (Phi) is 8.88. The average molecular weight is 343 g/mol. The number of aliphatic hydroxyl groups excluding tert-OH is 1. The number of aryl methyl sites for hydroxylation is 1. The molecular formula is C23H34O2. The van der Waals surface area contributed by atoms with E-state index in [9.17, 15) is 5.11 Å². The molecular weight excluding hydrogens is 308 g/mol. The lowest BCUT2D eigenvalue weighted by atomic mass is 9.87. The van der Waals surface area contributed by atoms with Crippen LogP contribution in [-0.2, 0) is 12.8 Å². The second-order valence-corrected chi connectivity index (χ2v) is 7.82. The monoisotopic (exact) mass is 342 g/mol. The van der Waals surface area contributed by atoms with Crippen LogP contribution in [0.15, 0.2) is 60.7 Å². The zero-order valence-corrected chi connectivity index (χ0v) is 16.2. The highest BCUT2D eigenvalue weighted by Gasteiger charge is 2.17. The fourth-order valence-corrected chi connectivity index (χ4v) is 2.44. The van der Waals surface area contributed by atoms with Crippen molar-refractivity contribution in [2.24, 2.45) is 5.41 Å². The van der Waals surface area contributed by atoms with Crippen molar-refractivity contribution in [3.63, 3.8) is 0 Å². The molecule has 0 heterocycles. The molecule has 0 spiro atoms. The minimum Gasteiger partial charge on any atom is -0.396 e. The molecule has 0 saturated carbocycles. The summed E-state index contributed by atoms with van der Waals surface area (Å²) in [5.41, 5.74) is 2.09. The van der Waals surface area contributed by atoms with E-state index in [1.807, 2.05) is 50.2 Å². The van der Waals surface area contributed by atoms with Gasteiger partial charge in [0.05, 0.1) is 5.60 Å². The number of hydrogen-bond donors (Lipinski definition) is 2. The Morgan fingerprint density at radius 2 is 1.28 bits per heavy atom. The van der Waals surface area contributed by atoms with Crippen molar-refractivity contribution in [1.82, 2.24) is 0 Å². The predicted molar refractivity (Wildman–Crippen MR) is 107 cm³/mol. The van der Waals surface area contributed by atoms with E-state index in [0.29, 0.717) is 0 Å². The van der Waals surface area contributed by atoms with Gasteiger partial charge in [-0.2, -0.15) is 0 Å². The summed E-state index contributed by atoms with van der Waals surface area (Å²) in [6, 6.07) is 20.6. The Labute approximate surface area is 153 Å². The van der Waals surface area contributed by atoms with E-state index in [1.165, 1.54) is 11.1 Å². The van der Waals surface area contributed by atoms with E-state index in [1.54, 1.807) is 0 Å². The van der Waals surface area contributed by atoms with Gasteiger partial charge in [0.1, 0.15) is 0 Å². The van der Waals surface area contributed by atoms with Crippen LogP contribution in [0.4, 0.5) is 0 Å². The lowest BCUT2D eigenvalue weighted by Gasteiger charge is -2.21. The molecule has 2 aromatic carbocycles. The molecule has 0 bridgehead atoms. The van der Waals surface area contributed by atoms with Gasteiger partial charge in [-0.15, -0.1) is 0 Å². The fraction of sp³-hybridized carbons (Fsp3) is 0.478. The van der Waals surface area contributed by atoms with E-state index in [2.05, 4.69) is 38.1 Å². The molecule has 1 unspecified atom stereocenters. The van der Waals surface area contributed by atoms with E-state index < -0.39 is 5.60 Å². The van der Waals surface area contributed by atoms with Gasteiger partial charge < -0.3 is 10.2 Å². The summed E-state index contributed by atoms with van der Waals surface area (Å²) < 4.78 is 0. The van der Waals surface area contributed by atoms with Gasteiger partial charge in [-0.05, 0) is 49.1 Å². The molecule has 1 atom stereocenters. The van der Waals surface area contributed by atoms with Gasteiger partial charge >= 0.3 is 0 Å². The third-order valence-electron chi connectivity index (χ3n) is 4.51. The molecule has 2 N–H and O–H groups in total. The molecule has 2 heteroatoms. The molecule has 0 aliphatic rings. The Hall–Kier alpha value is -1.64. The van der Waals surface area contributed by atoms with Crippen molar-refractivity contribution in [2.75, 3.05) is 6.61 Å². The molecule has 0 aromatic heterocycles. The summed E-state index contributed by atoms with van der Waals surface area (Å²) in [5.74, 6) is 0. The van der Waals surface area contributed by atoms with Crippen molar-refractivity contribution in [1.29, 1.82) is 0 Å². The Morgan fingerprint density at radius 3 is 1.72 bits per heavy atom. The highest BCUT2D eigenvalue weighted by Crippen LogP contribution is 2.20.